The van der Waals surface area contributed by atoms with Gasteiger partial charge in [-0.15, -0.1) is 0 Å². The number of benzene rings is 1. The molecule has 0 amide bonds. The molecule has 1 aromatic rings. The van der Waals surface area contributed by atoms with E-state index in [2.05, 4.69) is 55.8 Å². The monoisotopic (exact) mass is 237 g/mol. The van der Waals surface area contributed by atoms with Gasteiger partial charge in [0, 0.05) is 12.6 Å². The Morgan fingerprint density at radius 1 is 1.19 bits per heavy atom. The van der Waals surface area contributed by atoms with E-state index in [1.807, 2.05) is 11.8 Å². The Bertz CT molecular complexity index is 273. The van der Waals surface area contributed by atoms with E-state index in [9.17, 15) is 0 Å². The number of hydrogen-bond donors (Lipinski definition) is 1. The summed E-state index contributed by atoms with van der Waals surface area (Å²) in [7, 11) is 0. The van der Waals surface area contributed by atoms with Gasteiger partial charge in [-0.2, -0.15) is 11.8 Å². The van der Waals surface area contributed by atoms with E-state index in [0.29, 0.717) is 12.0 Å². The summed E-state index contributed by atoms with van der Waals surface area (Å²) in [4.78, 5) is 0. The second kappa shape index (κ2) is 7.75. The molecule has 0 heterocycles. The Labute approximate surface area is 104 Å². The van der Waals surface area contributed by atoms with Crippen molar-refractivity contribution in [2.75, 3.05) is 18.6 Å². The van der Waals surface area contributed by atoms with Gasteiger partial charge in [0.2, 0.25) is 0 Å². The summed E-state index contributed by atoms with van der Waals surface area (Å²) in [6.45, 7) is 5.62. The lowest BCUT2D eigenvalue weighted by Gasteiger charge is -2.17. The zero-order valence-corrected chi connectivity index (χ0v) is 11.4. The number of rotatable bonds is 7. The molecule has 0 fully saturated rings. The van der Waals surface area contributed by atoms with Crippen molar-refractivity contribution in [3.05, 3.63) is 35.9 Å². The van der Waals surface area contributed by atoms with E-state index in [1.54, 1.807) is 0 Å². The molecule has 0 saturated heterocycles. The van der Waals surface area contributed by atoms with Crippen LogP contribution in [0.3, 0.4) is 0 Å². The zero-order valence-electron chi connectivity index (χ0n) is 10.6. The fourth-order valence-electron chi connectivity index (χ4n) is 1.67. The second-order valence-corrected chi connectivity index (χ2v) is 5.39. The molecule has 0 bridgehead atoms. The van der Waals surface area contributed by atoms with Crippen LogP contribution in [0, 0.1) is 0 Å². The predicted octanol–water partition coefficient (Wildman–Crippen LogP) is 3.52. The zero-order chi connectivity index (χ0) is 11.8. The lowest BCUT2D eigenvalue weighted by molar-refractivity contribution is 0.510. The molecule has 1 nitrogen and oxygen atoms in total. The summed E-state index contributed by atoms with van der Waals surface area (Å²) in [5.74, 6) is 1.84. The fourth-order valence-corrected chi connectivity index (χ4v) is 2.26. The quantitative estimate of drug-likeness (QED) is 0.778. The number of hydrogen-bond acceptors (Lipinski definition) is 2. The van der Waals surface area contributed by atoms with Crippen LogP contribution in [0.2, 0.25) is 0 Å². The van der Waals surface area contributed by atoms with Gasteiger partial charge >= 0.3 is 0 Å². The van der Waals surface area contributed by atoms with Gasteiger partial charge in [-0.05, 0) is 36.8 Å². The summed E-state index contributed by atoms with van der Waals surface area (Å²) in [5, 5.41) is 3.60. The van der Waals surface area contributed by atoms with Crippen molar-refractivity contribution in [3.8, 4) is 0 Å². The molecule has 0 aromatic heterocycles. The Hall–Kier alpha value is -0.470. The molecule has 2 atom stereocenters. The van der Waals surface area contributed by atoms with Crippen molar-refractivity contribution < 1.29 is 0 Å². The maximum absolute atomic E-state index is 3.60. The maximum Gasteiger partial charge on any atom is 0.00468 e. The van der Waals surface area contributed by atoms with Gasteiger partial charge in [0.1, 0.15) is 0 Å². The summed E-state index contributed by atoms with van der Waals surface area (Å²) >= 11 is 1.92. The largest absolute Gasteiger partial charge is 0.314 e. The van der Waals surface area contributed by atoms with Crippen LogP contribution in [-0.4, -0.2) is 24.6 Å². The topological polar surface area (TPSA) is 12.0 Å². The van der Waals surface area contributed by atoms with Crippen LogP contribution in [0.4, 0.5) is 0 Å². The Kier molecular flexibility index (Phi) is 6.58. The molecule has 0 spiro atoms. The second-order valence-electron chi connectivity index (χ2n) is 4.40. The Morgan fingerprint density at radius 3 is 2.50 bits per heavy atom. The maximum atomic E-state index is 3.60. The van der Waals surface area contributed by atoms with Crippen LogP contribution in [-0.2, 0) is 0 Å². The highest BCUT2D eigenvalue weighted by Gasteiger charge is 2.06. The SMILES string of the molecule is CSCCC(C)NCC(C)c1ccccc1. The van der Waals surface area contributed by atoms with Gasteiger partial charge in [0.05, 0.1) is 0 Å². The third-order valence-corrected chi connectivity index (χ3v) is 3.54. The minimum Gasteiger partial charge on any atom is -0.314 e. The van der Waals surface area contributed by atoms with Crippen molar-refractivity contribution in [2.24, 2.45) is 0 Å². The standard InChI is InChI=1S/C14H23NS/c1-12(14-7-5-4-6-8-14)11-15-13(2)9-10-16-3/h4-8,12-13,15H,9-11H2,1-3H3. The van der Waals surface area contributed by atoms with Gasteiger partial charge < -0.3 is 5.32 Å². The van der Waals surface area contributed by atoms with E-state index < -0.39 is 0 Å². The minimum absolute atomic E-state index is 0.595. The highest BCUT2D eigenvalue weighted by atomic mass is 32.2. The first-order chi connectivity index (χ1) is 7.74. The van der Waals surface area contributed by atoms with Gasteiger partial charge in [-0.3, -0.25) is 0 Å². The van der Waals surface area contributed by atoms with Crippen molar-refractivity contribution >= 4 is 11.8 Å². The van der Waals surface area contributed by atoms with Crippen LogP contribution < -0.4 is 5.32 Å². The summed E-state index contributed by atoms with van der Waals surface area (Å²) in [6, 6.07) is 11.3. The fraction of sp³-hybridized carbons (Fsp3) is 0.571. The van der Waals surface area contributed by atoms with E-state index >= 15 is 0 Å². The van der Waals surface area contributed by atoms with E-state index in [0.717, 1.165) is 6.54 Å². The first kappa shape index (κ1) is 13.6. The highest BCUT2D eigenvalue weighted by molar-refractivity contribution is 7.98. The average molecular weight is 237 g/mol. The first-order valence-electron chi connectivity index (χ1n) is 6.01. The summed E-state index contributed by atoms with van der Waals surface area (Å²) in [6.07, 6.45) is 3.42. The van der Waals surface area contributed by atoms with Crippen molar-refractivity contribution in [3.63, 3.8) is 0 Å². The highest BCUT2D eigenvalue weighted by Crippen LogP contribution is 2.13. The normalized spacial score (nSPS) is 14.7. The summed E-state index contributed by atoms with van der Waals surface area (Å²) < 4.78 is 0. The predicted molar refractivity (Wildman–Crippen MR) is 75.3 cm³/mol. The molecular formula is C14H23NS. The van der Waals surface area contributed by atoms with Crippen molar-refractivity contribution in [1.82, 2.24) is 5.32 Å². The van der Waals surface area contributed by atoms with E-state index in [-0.39, 0.29) is 0 Å². The molecule has 16 heavy (non-hydrogen) atoms. The molecule has 0 aliphatic carbocycles. The molecule has 90 valence electrons. The van der Waals surface area contributed by atoms with Gasteiger partial charge in [-0.1, -0.05) is 37.3 Å². The molecule has 1 N–H and O–H groups in total. The summed E-state index contributed by atoms with van der Waals surface area (Å²) in [5.41, 5.74) is 1.42. The molecule has 1 aromatic carbocycles. The van der Waals surface area contributed by atoms with Crippen LogP contribution >= 0.6 is 11.8 Å². The van der Waals surface area contributed by atoms with Gasteiger partial charge in [0.15, 0.2) is 0 Å². The lowest BCUT2D eigenvalue weighted by Crippen LogP contribution is -2.30. The molecule has 2 heteroatoms. The molecular weight excluding hydrogens is 214 g/mol. The van der Waals surface area contributed by atoms with Crippen molar-refractivity contribution in [1.29, 1.82) is 0 Å². The Balaban J connectivity index is 2.27. The van der Waals surface area contributed by atoms with E-state index in [1.165, 1.54) is 17.7 Å². The Morgan fingerprint density at radius 2 is 1.88 bits per heavy atom. The smallest absolute Gasteiger partial charge is 0.00468 e. The van der Waals surface area contributed by atoms with Gasteiger partial charge in [-0.25, -0.2) is 0 Å². The van der Waals surface area contributed by atoms with Gasteiger partial charge in [0.25, 0.3) is 0 Å². The number of thioether (sulfide) groups is 1. The molecule has 0 aliphatic heterocycles. The first-order valence-corrected chi connectivity index (χ1v) is 7.40. The van der Waals surface area contributed by atoms with Crippen LogP contribution in [0.25, 0.3) is 0 Å². The van der Waals surface area contributed by atoms with Crippen LogP contribution in [0.15, 0.2) is 30.3 Å². The third kappa shape index (κ3) is 5.04. The van der Waals surface area contributed by atoms with E-state index in [4.69, 9.17) is 0 Å². The number of nitrogens with one attached hydrogen (secondary N) is 1. The van der Waals surface area contributed by atoms with Crippen LogP contribution in [0.5, 0.6) is 0 Å². The van der Waals surface area contributed by atoms with Crippen LogP contribution in [0.1, 0.15) is 31.7 Å². The average Bonchev–Trinajstić information content (AvgIpc) is 2.34. The lowest BCUT2D eigenvalue weighted by atomic mass is 10.0. The third-order valence-electron chi connectivity index (χ3n) is 2.90. The molecule has 0 aliphatic rings. The molecule has 0 saturated carbocycles. The molecule has 2 unspecified atom stereocenters. The minimum atomic E-state index is 0.595. The van der Waals surface area contributed by atoms with Crippen molar-refractivity contribution in [2.45, 2.75) is 32.2 Å². The molecule has 1 rings (SSSR count). The molecule has 0 radical (unpaired) electrons.